The summed E-state index contributed by atoms with van der Waals surface area (Å²) < 4.78 is 10.4. The van der Waals surface area contributed by atoms with Gasteiger partial charge in [0.25, 0.3) is 0 Å². The van der Waals surface area contributed by atoms with Gasteiger partial charge in [-0.25, -0.2) is 14.6 Å². The van der Waals surface area contributed by atoms with E-state index < -0.39 is 12.0 Å². The summed E-state index contributed by atoms with van der Waals surface area (Å²) in [5.74, 6) is -0.0448. The summed E-state index contributed by atoms with van der Waals surface area (Å²) in [6.45, 7) is 1.24. The Bertz CT molecular complexity index is 1140. The van der Waals surface area contributed by atoms with E-state index in [1.54, 1.807) is 18.2 Å². The number of nitrogens with zero attached hydrogens (tertiary/aromatic N) is 4. The molecule has 0 atom stereocenters. The highest BCUT2D eigenvalue weighted by molar-refractivity contribution is 7.15. The molecule has 4 rings (SSSR count). The third kappa shape index (κ3) is 4.54. The number of carbonyl (C=O) groups is 2. The molecule has 0 saturated heterocycles. The van der Waals surface area contributed by atoms with Crippen LogP contribution in [0.2, 0.25) is 0 Å². The molecule has 2 amide bonds. The normalized spacial score (nSPS) is 12.6. The Balaban J connectivity index is 1.46. The molecule has 2 aromatic heterocycles. The van der Waals surface area contributed by atoms with Gasteiger partial charge in [-0.2, -0.15) is 9.97 Å². The van der Waals surface area contributed by atoms with E-state index in [1.165, 1.54) is 37.7 Å². The molecule has 12 heteroatoms. The molecule has 0 spiro atoms. The summed E-state index contributed by atoms with van der Waals surface area (Å²) in [6.07, 6.45) is 0.672. The van der Waals surface area contributed by atoms with E-state index in [1.807, 2.05) is 0 Å². The first-order chi connectivity index (χ1) is 15.5. The lowest BCUT2D eigenvalue weighted by Crippen LogP contribution is -2.30. The Labute approximate surface area is 187 Å². The predicted octanol–water partition coefficient (Wildman–Crippen LogP) is 2.86. The van der Waals surface area contributed by atoms with Crippen molar-refractivity contribution in [3.8, 4) is 11.9 Å². The quantitative estimate of drug-likeness (QED) is 0.511. The van der Waals surface area contributed by atoms with Crippen LogP contribution in [-0.2, 0) is 13.0 Å². The number of fused-ring (bicyclic) bond motifs is 1. The number of benzene rings is 1. The topological polar surface area (TPSA) is 139 Å². The average molecular weight is 456 g/mol. The zero-order chi connectivity index (χ0) is 22.7. The zero-order valence-corrected chi connectivity index (χ0v) is 18.1. The van der Waals surface area contributed by atoms with Gasteiger partial charge in [0.05, 0.1) is 37.7 Å². The van der Waals surface area contributed by atoms with Crippen molar-refractivity contribution < 1.29 is 24.2 Å². The van der Waals surface area contributed by atoms with Gasteiger partial charge >= 0.3 is 18.0 Å². The fourth-order valence-electron chi connectivity index (χ4n) is 3.22. The lowest BCUT2D eigenvalue weighted by atomic mass is 10.2. The molecule has 0 aliphatic carbocycles. The van der Waals surface area contributed by atoms with Crippen LogP contribution < -0.4 is 25.0 Å². The van der Waals surface area contributed by atoms with Crippen LogP contribution in [0.5, 0.6) is 11.9 Å². The third-order valence-corrected chi connectivity index (χ3v) is 5.74. The molecule has 0 bridgehead atoms. The SMILES string of the molecule is COc1cc(N2CCc3nc(NC(=O)Nc4ccccc4C(=O)O)sc3C2)nc(OC)n1. The minimum Gasteiger partial charge on any atom is -0.481 e. The van der Waals surface area contributed by atoms with Gasteiger partial charge in [-0.05, 0) is 12.1 Å². The van der Waals surface area contributed by atoms with E-state index in [2.05, 4.69) is 30.5 Å². The summed E-state index contributed by atoms with van der Waals surface area (Å²) in [6, 6.07) is 7.58. The van der Waals surface area contributed by atoms with Crippen LogP contribution in [0.15, 0.2) is 30.3 Å². The number of methoxy groups -OCH3 is 2. The summed E-state index contributed by atoms with van der Waals surface area (Å²) >= 11 is 1.36. The molecule has 0 radical (unpaired) electrons. The van der Waals surface area contributed by atoms with Crippen LogP contribution in [0.3, 0.4) is 0 Å². The molecule has 1 aliphatic heterocycles. The molecule has 3 aromatic rings. The monoisotopic (exact) mass is 456 g/mol. The Hall–Kier alpha value is -3.93. The minimum absolute atomic E-state index is 0.00688. The Morgan fingerprint density at radius 3 is 2.69 bits per heavy atom. The molecular weight excluding hydrogens is 436 g/mol. The van der Waals surface area contributed by atoms with Gasteiger partial charge in [0.15, 0.2) is 5.13 Å². The molecule has 166 valence electrons. The summed E-state index contributed by atoms with van der Waals surface area (Å²) in [5, 5.41) is 14.9. The van der Waals surface area contributed by atoms with Crippen molar-refractivity contribution in [3.05, 3.63) is 46.5 Å². The number of carboxylic acids is 1. The van der Waals surface area contributed by atoms with E-state index in [-0.39, 0.29) is 17.3 Å². The predicted molar refractivity (Wildman–Crippen MR) is 118 cm³/mol. The van der Waals surface area contributed by atoms with Crippen molar-refractivity contribution in [3.63, 3.8) is 0 Å². The molecular formula is C20H20N6O5S. The number of hydrogen-bond donors (Lipinski definition) is 3. The fraction of sp³-hybridized carbons (Fsp3) is 0.250. The van der Waals surface area contributed by atoms with Crippen molar-refractivity contribution in [2.24, 2.45) is 0 Å². The Morgan fingerprint density at radius 2 is 1.94 bits per heavy atom. The number of carbonyl (C=O) groups excluding carboxylic acids is 1. The van der Waals surface area contributed by atoms with E-state index in [0.29, 0.717) is 36.3 Å². The summed E-state index contributed by atoms with van der Waals surface area (Å²) in [4.78, 5) is 39.8. The highest BCUT2D eigenvalue weighted by Crippen LogP contribution is 2.31. The second-order valence-electron chi connectivity index (χ2n) is 6.75. The standard InChI is InChI=1S/C20H20N6O5S/c1-30-16-9-15(23-19(24-16)31-2)26-8-7-13-14(10-26)32-20(22-13)25-18(29)21-12-6-4-3-5-11(12)17(27)28/h3-6,9H,7-8,10H2,1-2H3,(H,27,28)(H2,21,22,25,29). The van der Waals surface area contributed by atoms with Crippen LogP contribution in [0.25, 0.3) is 0 Å². The second-order valence-corrected chi connectivity index (χ2v) is 7.83. The van der Waals surface area contributed by atoms with Crippen LogP contribution in [-0.4, -0.2) is 52.8 Å². The van der Waals surface area contributed by atoms with Gasteiger partial charge in [-0.15, -0.1) is 0 Å². The Kier molecular flexibility index (Phi) is 6.03. The van der Waals surface area contributed by atoms with Gasteiger partial charge in [0, 0.05) is 23.9 Å². The van der Waals surface area contributed by atoms with E-state index in [4.69, 9.17) is 9.47 Å². The number of carboxylic acid groups (broad SMARTS) is 1. The number of ether oxygens (including phenoxy) is 2. The first kappa shape index (κ1) is 21.3. The minimum atomic E-state index is -1.12. The molecule has 3 heterocycles. The van der Waals surface area contributed by atoms with E-state index in [9.17, 15) is 14.7 Å². The third-order valence-electron chi connectivity index (χ3n) is 4.74. The molecule has 1 aliphatic rings. The van der Waals surface area contributed by atoms with Crippen molar-refractivity contribution in [1.82, 2.24) is 15.0 Å². The van der Waals surface area contributed by atoms with Gasteiger partial charge in [-0.1, -0.05) is 23.5 Å². The Morgan fingerprint density at radius 1 is 1.12 bits per heavy atom. The van der Waals surface area contributed by atoms with Gasteiger partial charge in [0.2, 0.25) is 5.88 Å². The number of para-hydroxylation sites is 1. The average Bonchev–Trinajstić information content (AvgIpc) is 3.20. The maximum Gasteiger partial charge on any atom is 0.337 e. The molecule has 0 unspecified atom stereocenters. The van der Waals surface area contributed by atoms with Crippen molar-refractivity contribution in [1.29, 1.82) is 0 Å². The smallest absolute Gasteiger partial charge is 0.337 e. The fourth-order valence-corrected chi connectivity index (χ4v) is 4.24. The van der Waals surface area contributed by atoms with Crippen LogP contribution in [0, 0.1) is 0 Å². The summed E-state index contributed by atoms with van der Waals surface area (Å²) in [7, 11) is 3.02. The number of amides is 2. The van der Waals surface area contributed by atoms with Gasteiger partial charge < -0.3 is 24.8 Å². The lowest BCUT2D eigenvalue weighted by molar-refractivity contribution is 0.0698. The highest BCUT2D eigenvalue weighted by Gasteiger charge is 2.24. The number of rotatable bonds is 6. The molecule has 0 fully saturated rings. The van der Waals surface area contributed by atoms with Crippen LogP contribution in [0.4, 0.5) is 21.4 Å². The molecule has 0 saturated carbocycles. The van der Waals surface area contributed by atoms with E-state index >= 15 is 0 Å². The number of aromatic carboxylic acids is 1. The van der Waals surface area contributed by atoms with Crippen LogP contribution in [0.1, 0.15) is 20.9 Å². The molecule has 32 heavy (non-hydrogen) atoms. The number of hydrogen-bond acceptors (Lipinski definition) is 9. The maximum absolute atomic E-state index is 12.4. The first-order valence-electron chi connectivity index (χ1n) is 9.57. The second kappa shape index (κ2) is 9.06. The number of urea groups is 1. The zero-order valence-electron chi connectivity index (χ0n) is 17.3. The molecule has 3 N–H and O–H groups in total. The largest absolute Gasteiger partial charge is 0.481 e. The molecule has 1 aromatic carbocycles. The number of anilines is 3. The maximum atomic E-state index is 12.4. The number of nitrogens with one attached hydrogen (secondary N) is 2. The van der Waals surface area contributed by atoms with Crippen molar-refractivity contribution in [2.45, 2.75) is 13.0 Å². The van der Waals surface area contributed by atoms with Gasteiger partial charge in [0.1, 0.15) is 5.82 Å². The van der Waals surface area contributed by atoms with Crippen molar-refractivity contribution >= 4 is 40.0 Å². The highest BCUT2D eigenvalue weighted by atomic mass is 32.1. The molecule has 11 nitrogen and oxygen atoms in total. The van der Waals surface area contributed by atoms with Gasteiger partial charge in [-0.3, -0.25) is 5.32 Å². The van der Waals surface area contributed by atoms with Crippen LogP contribution >= 0.6 is 11.3 Å². The van der Waals surface area contributed by atoms with E-state index in [0.717, 1.165) is 10.6 Å². The van der Waals surface area contributed by atoms with Crippen molar-refractivity contribution in [2.75, 3.05) is 36.3 Å². The number of thiazole rings is 1. The lowest BCUT2D eigenvalue weighted by Gasteiger charge is -2.27. The first-order valence-corrected chi connectivity index (χ1v) is 10.4. The number of aromatic nitrogens is 3. The summed E-state index contributed by atoms with van der Waals surface area (Å²) in [5.41, 5.74) is 1.12.